The van der Waals surface area contributed by atoms with Crippen molar-refractivity contribution in [1.82, 2.24) is 9.55 Å². The highest BCUT2D eigenvalue weighted by Crippen LogP contribution is 2.59. The van der Waals surface area contributed by atoms with E-state index in [-0.39, 0.29) is 0 Å². The third kappa shape index (κ3) is 5.41. The molecule has 0 amide bonds. The fraction of sp³-hybridized carbons (Fsp3) is 0. The first-order valence-electron chi connectivity index (χ1n) is 21.7. The van der Waals surface area contributed by atoms with E-state index >= 15 is 0 Å². The third-order valence-electron chi connectivity index (χ3n) is 13.2. The minimum absolute atomic E-state index is 1.13. The van der Waals surface area contributed by atoms with Crippen LogP contribution in [0.1, 0.15) is 0 Å². The molecule has 292 valence electrons. The highest BCUT2D eigenvalue weighted by atomic mass is 15.0. The van der Waals surface area contributed by atoms with Gasteiger partial charge in [-0.05, 0) is 136 Å². The van der Waals surface area contributed by atoms with Gasteiger partial charge in [0.25, 0.3) is 0 Å². The Kier molecular flexibility index (Phi) is 7.94. The summed E-state index contributed by atoms with van der Waals surface area (Å²) in [5.74, 6) is 0. The number of fused-ring (bicyclic) bond motifs is 7. The Hall–Kier alpha value is -8.33. The topological polar surface area (TPSA) is 17.8 Å². The molecule has 0 saturated heterocycles. The summed E-state index contributed by atoms with van der Waals surface area (Å²) in [4.78, 5) is 4.47. The van der Waals surface area contributed by atoms with Gasteiger partial charge in [-0.15, -0.1) is 0 Å². The maximum absolute atomic E-state index is 4.47. The van der Waals surface area contributed by atoms with Crippen molar-refractivity contribution in [3.05, 3.63) is 231 Å². The van der Waals surface area contributed by atoms with Gasteiger partial charge in [0.15, 0.2) is 0 Å². The maximum atomic E-state index is 4.47. The summed E-state index contributed by atoms with van der Waals surface area (Å²) in [6, 6.07) is 80.3. The number of hydrogen-bond acceptors (Lipinski definition) is 1. The first kappa shape index (κ1) is 35.4. The largest absolute Gasteiger partial charge is 0.309 e. The monoisotopic (exact) mass is 798 g/mol. The van der Waals surface area contributed by atoms with Crippen molar-refractivity contribution < 1.29 is 0 Å². The summed E-state index contributed by atoms with van der Waals surface area (Å²) in [6.45, 7) is 0. The number of hydrogen-bond donors (Lipinski definition) is 0. The lowest BCUT2D eigenvalue weighted by atomic mass is 9.80. The summed E-state index contributed by atoms with van der Waals surface area (Å²) in [7, 11) is 0. The maximum Gasteiger partial charge on any atom is 0.0571 e. The molecule has 1 aliphatic carbocycles. The number of aromatic nitrogens is 2. The molecule has 2 aromatic heterocycles. The number of pyridine rings is 1. The van der Waals surface area contributed by atoms with Crippen molar-refractivity contribution >= 4 is 43.4 Å². The summed E-state index contributed by atoms with van der Waals surface area (Å²) in [6.07, 6.45) is 3.86. The van der Waals surface area contributed by atoms with Crippen molar-refractivity contribution in [2.75, 3.05) is 0 Å². The van der Waals surface area contributed by atoms with E-state index in [9.17, 15) is 0 Å². The molecule has 2 heteroatoms. The Bertz CT molecular complexity index is 3550. The molecule has 12 aromatic rings. The fourth-order valence-electron chi connectivity index (χ4n) is 10.6. The van der Waals surface area contributed by atoms with E-state index < -0.39 is 0 Å². The van der Waals surface area contributed by atoms with Crippen molar-refractivity contribution in [3.63, 3.8) is 0 Å². The van der Waals surface area contributed by atoms with E-state index in [0.717, 1.165) is 16.6 Å². The van der Waals surface area contributed by atoms with Gasteiger partial charge in [-0.2, -0.15) is 0 Å². The summed E-state index contributed by atoms with van der Waals surface area (Å²) in [5.41, 5.74) is 20.9. The first-order valence-corrected chi connectivity index (χ1v) is 21.7. The normalized spacial score (nSPS) is 11.8. The van der Waals surface area contributed by atoms with Crippen LogP contribution in [0.5, 0.6) is 0 Å². The molecule has 0 spiro atoms. The van der Waals surface area contributed by atoms with Gasteiger partial charge < -0.3 is 4.57 Å². The van der Waals surface area contributed by atoms with Crippen LogP contribution in [-0.4, -0.2) is 9.55 Å². The van der Waals surface area contributed by atoms with Gasteiger partial charge in [0.1, 0.15) is 0 Å². The fourth-order valence-corrected chi connectivity index (χ4v) is 10.6. The number of benzene rings is 10. The number of rotatable bonds is 6. The number of para-hydroxylation sites is 1. The van der Waals surface area contributed by atoms with E-state index in [4.69, 9.17) is 0 Å². The van der Waals surface area contributed by atoms with Crippen LogP contribution in [-0.2, 0) is 0 Å². The lowest BCUT2D eigenvalue weighted by Gasteiger charge is -2.23. The van der Waals surface area contributed by atoms with Gasteiger partial charge in [0.05, 0.1) is 11.0 Å². The molecular weight excluding hydrogens is 761 g/mol. The Labute approximate surface area is 365 Å². The van der Waals surface area contributed by atoms with E-state index in [1.165, 1.54) is 110 Å². The average Bonchev–Trinajstić information content (AvgIpc) is 3.88. The van der Waals surface area contributed by atoms with Gasteiger partial charge in [0.2, 0.25) is 0 Å². The molecule has 2 heterocycles. The van der Waals surface area contributed by atoms with Crippen LogP contribution in [0.2, 0.25) is 0 Å². The van der Waals surface area contributed by atoms with E-state index in [1.807, 2.05) is 12.4 Å². The van der Waals surface area contributed by atoms with Gasteiger partial charge >= 0.3 is 0 Å². The molecule has 63 heavy (non-hydrogen) atoms. The second kappa shape index (κ2) is 14.1. The Morgan fingerprint density at radius 1 is 0.286 bits per heavy atom. The second-order valence-corrected chi connectivity index (χ2v) is 16.6. The standard InChI is InChI=1S/C61H38N2/c1-5-16-39(17-6-1)50-36-52-53(37-51(50)40-18-7-2-8-19-40)58(43-22-11-4-12-23-43)61-49-33-32-45(47-25-15-26-48(59(47)49)60(61)57(52)42-20-9-3-10-21-42)41-28-30-44(31-29-41)63-55-27-14-13-24-46(55)54-38-62-35-34-56(54)63/h1-38H. The van der Waals surface area contributed by atoms with Crippen molar-refractivity contribution in [3.8, 4) is 83.6 Å². The highest BCUT2D eigenvalue weighted by molar-refractivity contribution is 6.29. The van der Waals surface area contributed by atoms with Crippen molar-refractivity contribution in [1.29, 1.82) is 0 Å². The Morgan fingerprint density at radius 3 is 1.37 bits per heavy atom. The molecular formula is C61H38N2. The zero-order chi connectivity index (χ0) is 41.4. The van der Waals surface area contributed by atoms with Gasteiger partial charge in [-0.1, -0.05) is 182 Å². The lowest BCUT2D eigenvalue weighted by Crippen LogP contribution is -1.96. The molecule has 13 rings (SSSR count). The third-order valence-corrected chi connectivity index (χ3v) is 13.2. The minimum atomic E-state index is 1.13. The van der Waals surface area contributed by atoms with Crippen LogP contribution in [0, 0.1) is 0 Å². The lowest BCUT2D eigenvalue weighted by molar-refractivity contribution is 1.17. The predicted octanol–water partition coefficient (Wildman–Crippen LogP) is 16.5. The first-order chi connectivity index (χ1) is 31.3. The molecule has 0 atom stereocenters. The zero-order valence-electron chi connectivity index (χ0n) is 34.3. The highest BCUT2D eigenvalue weighted by Gasteiger charge is 2.32. The van der Waals surface area contributed by atoms with Crippen molar-refractivity contribution in [2.24, 2.45) is 0 Å². The Balaban J connectivity index is 1.09. The summed E-state index contributed by atoms with van der Waals surface area (Å²) >= 11 is 0. The molecule has 0 bridgehead atoms. The molecule has 10 aromatic carbocycles. The quantitative estimate of drug-likeness (QED) is 0.164. The zero-order valence-corrected chi connectivity index (χ0v) is 34.3. The van der Waals surface area contributed by atoms with Crippen LogP contribution >= 0.6 is 0 Å². The van der Waals surface area contributed by atoms with E-state index in [2.05, 4.69) is 228 Å². The predicted molar refractivity (Wildman–Crippen MR) is 265 cm³/mol. The molecule has 0 radical (unpaired) electrons. The second-order valence-electron chi connectivity index (χ2n) is 16.6. The molecule has 0 aliphatic heterocycles. The van der Waals surface area contributed by atoms with E-state index in [0.29, 0.717) is 0 Å². The molecule has 0 saturated carbocycles. The van der Waals surface area contributed by atoms with Crippen molar-refractivity contribution in [2.45, 2.75) is 0 Å². The molecule has 2 nitrogen and oxygen atoms in total. The molecule has 0 fully saturated rings. The SMILES string of the molecule is c1ccc(-c2cc3c(-c4ccccc4)c4c(c(-c5ccccc5)c3cc2-c2ccccc2)-c2ccc(-c3ccc(-n5c6ccccc6c6cnccc65)cc3)c3cccc-4c23)cc1. The summed E-state index contributed by atoms with van der Waals surface area (Å²) < 4.78 is 2.35. The average molecular weight is 799 g/mol. The number of nitrogens with zero attached hydrogens (tertiary/aromatic N) is 2. The van der Waals surface area contributed by atoms with Crippen LogP contribution in [0.4, 0.5) is 0 Å². The Morgan fingerprint density at radius 2 is 0.762 bits per heavy atom. The molecule has 0 N–H and O–H groups in total. The van der Waals surface area contributed by atoms with Gasteiger partial charge in [-0.3, -0.25) is 4.98 Å². The van der Waals surface area contributed by atoms with Gasteiger partial charge in [0, 0.05) is 28.9 Å². The van der Waals surface area contributed by atoms with Gasteiger partial charge in [-0.25, -0.2) is 0 Å². The smallest absolute Gasteiger partial charge is 0.0571 e. The molecule has 1 aliphatic rings. The molecule has 0 unspecified atom stereocenters. The van der Waals surface area contributed by atoms with Crippen LogP contribution < -0.4 is 0 Å². The van der Waals surface area contributed by atoms with E-state index in [1.54, 1.807) is 0 Å². The van der Waals surface area contributed by atoms with Crippen LogP contribution in [0.3, 0.4) is 0 Å². The van der Waals surface area contributed by atoms with Crippen LogP contribution in [0.25, 0.3) is 127 Å². The minimum Gasteiger partial charge on any atom is -0.309 e. The van der Waals surface area contributed by atoms with Crippen LogP contribution in [0.15, 0.2) is 231 Å². The summed E-state index contributed by atoms with van der Waals surface area (Å²) in [5, 5.41) is 7.43.